The van der Waals surface area contributed by atoms with Crippen LogP contribution in [0, 0.1) is 0 Å². The summed E-state index contributed by atoms with van der Waals surface area (Å²) in [6.45, 7) is 7.97. The van der Waals surface area contributed by atoms with Crippen LogP contribution < -0.4 is 0 Å². The van der Waals surface area contributed by atoms with Gasteiger partial charge in [-0.15, -0.1) is 0 Å². The first-order valence-electron chi connectivity index (χ1n) is 5.54. The van der Waals surface area contributed by atoms with Crippen molar-refractivity contribution in [1.82, 2.24) is 0 Å². The van der Waals surface area contributed by atoms with Crippen molar-refractivity contribution in [1.29, 1.82) is 0 Å². The monoisotopic (exact) mass is 232 g/mol. The van der Waals surface area contributed by atoms with E-state index in [9.17, 15) is 4.79 Å². The summed E-state index contributed by atoms with van der Waals surface area (Å²) in [4.78, 5) is 10.7. The maximum atomic E-state index is 10.7. The number of esters is 1. The van der Waals surface area contributed by atoms with Crippen molar-refractivity contribution in [2.24, 2.45) is 0 Å². The third-order valence-corrected chi connectivity index (χ3v) is 1.69. The molecule has 4 heteroatoms. The van der Waals surface area contributed by atoms with Crippen molar-refractivity contribution >= 4 is 5.97 Å². The van der Waals surface area contributed by atoms with Crippen LogP contribution in [0.25, 0.3) is 0 Å². The lowest BCUT2D eigenvalue weighted by molar-refractivity contribution is -0.142. The molecule has 0 fully saturated rings. The molecule has 0 saturated carbocycles. The van der Waals surface area contributed by atoms with Crippen LogP contribution in [-0.4, -0.2) is 30.9 Å². The molecule has 0 atom stereocenters. The van der Waals surface area contributed by atoms with Crippen LogP contribution in [0.2, 0.25) is 0 Å². The minimum Gasteiger partial charge on any atom is -0.502 e. The molecule has 0 aromatic rings. The Balaban J connectivity index is 0. The highest BCUT2D eigenvalue weighted by Crippen LogP contribution is 1.94. The molecule has 0 aliphatic carbocycles. The minimum absolute atomic E-state index is 0.318. The first kappa shape index (κ1) is 17.4. The van der Waals surface area contributed by atoms with E-state index >= 15 is 0 Å². The Morgan fingerprint density at radius 2 is 1.94 bits per heavy atom. The van der Waals surface area contributed by atoms with E-state index in [2.05, 4.69) is 4.74 Å². The molecule has 0 rings (SSSR count). The number of allylic oxidation sites excluding steroid dienone is 1. The van der Waals surface area contributed by atoms with Crippen LogP contribution in [0.4, 0.5) is 0 Å². The standard InChI is InChI=1S/C8H14O3.C4H10O/c1-3-5-6-11-8(10)7(9)4-2;1-4(2)5-3/h4,9H,3,5-6H2,1-2H3;4H,1-3H3. The first-order valence-corrected chi connectivity index (χ1v) is 5.54. The van der Waals surface area contributed by atoms with Crippen molar-refractivity contribution in [2.45, 2.75) is 46.6 Å². The lowest BCUT2D eigenvalue weighted by atomic mass is 10.4. The fraction of sp³-hybridized carbons (Fsp3) is 0.750. The second-order valence-electron chi connectivity index (χ2n) is 3.45. The van der Waals surface area contributed by atoms with Gasteiger partial charge >= 0.3 is 5.97 Å². The van der Waals surface area contributed by atoms with Gasteiger partial charge in [-0.05, 0) is 33.3 Å². The van der Waals surface area contributed by atoms with E-state index in [1.54, 1.807) is 14.0 Å². The summed E-state index contributed by atoms with van der Waals surface area (Å²) in [5, 5.41) is 8.81. The van der Waals surface area contributed by atoms with Gasteiger partial charge in [0, 0.05) is 7.11 Å². The number of methoxy groups -OCH3 is 1. The summed E-state index contributed by atoms with van der Waals surface area (Å²) in [5.41, 5.74) is 0. The molecule has 0 heterocycles. The molecule has 0 bridgehead atoms. The number of carbonyl (C=O) groups is 1. The SMILES string of the molecule is CC=C(O)C(=O)OCCCC.COC(C)C. The molecule has 0 radical (unpaired) electrons. The second-order valence-corrected chi connectivity index (χ2v) is 3.45. The summed E-state index contributed by atoms with van der Waals surface area (Å²) in [5.74, 6) is -0.956. The zero-order valence-corrected chi connectivity index (χ0v) is 10.9. The Hall–Kier alpha value is -1.03. The number of ether oxygens (including phenoxy) is 2. The van der Waals surface area contributed by atoms with Crippen molar-refractivity contribution in [3.63, 3.8) is 0 Å². The van der Waals surface area contributed by atoms with Gasteiger partial charge < -0.3 is 14.6 Å². The van der Waals surface area contributed by atoms with Crippen molar-refractivity contribution in [3.8, 4) is 0 Å². The first-order chi connectivity index (χ1) is 7.49. The number of hydrogen-bond acceptors (Lipinski definition) is 4. The van der Waals surface area contributed by atoms with E-state index in [-0.39, 0.29) is 5.76 Å². The van der Waals surface area contributed by atoms with Gasteiger partial charge in [0.25, 0.3) is 0 Å². The predicted molar refractivity (Wildman–Crippen MR) is 64.4 cm³/mol. The fourth-order valence-electron chi connectivity index (χ4n) is 0.501. The highest BCUT2D eigenvalue weighted by atomic mass is 16.5. The largest absolute Gasteiger partial charge is 0.502 e. The Morgan fingerprint density at radius 1 is 1.44 bits per heavy atom. The van der Waals surface area contributed by atoms with Crippen LogP contribution >= 0.6 is 0 Å². The molecule has 0 aromatic carbocycles. The van der Waals surface area contributed by atoms with E-state index in [4.69, 9.17) is 9.84 Å². The maximum Gasteiger partial charge on any atom is 0.373 e. The molecule has 1 N–H and O–H groups in total. The van der Waals surface area contributed by atoms with Crippen molar-refractivity contribution in [3.05, 3.63) is 11.8 Å². The van der Waals surface area contributed by atoms with Crippen LogP contribution in [0.5, 0.6) is 0 Å². The summed E-state index contributed by atoms with van der Waals surface area (Å²) in [6.07, 6.45) is 3.51. The van der Waals surface area contributed by atoms with Gasteiger partial charge in [0.2, 0.25) is 0 Å². The lowest BCUT2D eigenvalue weighted by Gasteiger charge is -2.01. The van der Waals surface area contributed by atoms with Gasteiger partial charge in [0.05, 0.1) is 12.7 Å². The third kappa shape index (κ3) is 13.0. The number of aliphatic hydroxyl groups is 1. The summed E-state index contributed by atoms with van der Waals surface area (Å²) in [6, 6.07) is 0. The molecule has 96 valence electrons. The molecule has 0 aliphatic heterocycles. The van der Waals surface area contributed by atoms with Gasteiger partial charge in [-0.3, -0.25) is 0 Å². The third-order valence-electron chi connectivity index (χ3n) is 1.69. The van der Waals surface area contributed by atoms with E-state index in [1.165, 1.54) is 6.08 Å². The van der Waals surface area contributed by atoms with Gasteiger partial charge in [0.15, 0.2) is 5.76 Å². The van der Waals surface area contributed by atoms with Crippen LogP contribution in [0.1, 0.15) is 40.5 Å². The molecule has 0 aromatic heterocycles. The van der Waals surface area contributed by atoms with Gasteiger partial charge in [0.1, 0.15) is 0 Å². The summed E-state index contributed by atoms with van der Waals surface area (Å²) >= 11 is 0. The molecule has 4 nitrogen and oxygen atoms in total. The zero-order chi connectivity index (χ0) is 13.0. The second kappa shape index (κ2) is 12.0. The Kier molecular flexibility index (Phi) is 13.1. The van der Waals surface area contributed by atoms with E-state index in [0.29, 0.717) is 12.7 Å². The highest BCUT2D eigenvalue weighted by molar-refractivity contribution is 5.85. The average molecular weight is 232 g/mol. The predicted octanol–water partition coefficient (Wildman–Crippen LogP) is 2.83. The molecule has 0 unspecified atom stereocenters. The van der Waals surface area contributed by atoms with Crippen molar-refractivity contribution < 1.29 is 19.4 Å². The number of hydrogen-bond donors (Lipinski definition) is 1. The van der Waals surface area contributed by atoms with Gasteiger partial charge in [-0.25, -0.2) is 4.79 Å². The van der Waals surface area contributed by atoms with E-state index < -0.39 is 5.97 Å². The fourth-order valence-corrected chi connectivity index (χ4v) is 0.501. The van der Waals surface area contributed by atoms with E-state index in [0.717, 1.165) is 12.8 Å². The van der Waals surface area contributed by atoms with Crippen LogP contribution in [0.15, 0.2) is 11.8 Å². The zero-order valence-electron chi connectivity index (χ0n) is 10.9. The Labute approximate surface area is 98.3 Å². The summed E-state index contributed by atoms with van der Waals surface area (Å²) < 4.78 is 9.43. The van der Waals surface area contributed by atoms with Gasteiger partial charge in [-0.2, -0.15) is 0 Å². The molecule has 0 aliphatic rings. The normalized spacial score (nSPS) is 10.8. The lowest BCUT2D eigenvalue weighted by Crippen LogP contribution is -2.08. The Bertz CT molecular complexity index is 197. The molecular formula is C12H24O4. The topological polar surface area (TPSA) is 55.8 Å². The average Bonchev–Trinajstić information content (AvgIpc) is 2.28. The number of rotatable bonds is 5. The highest BCUT2D eigenvalue weighted by Gasteiger charge is 2.05. The number of unbranched alkanes of at least 4 members (excludes halogenated alkanes) is 1. The van der Waals surface area contributed by atoms with Crippen molar-refractivity contribution in [2.75, 3.05) is 13.7 Å². The minimum atomic E-state index is -0.638. The Morgan fingerprint density at radius 3 is 2.25 bits per heavy atom. The summed E-state index contributed by atoms with van der Waals surface area (Å²) in [7, 11) is 1.70. The molecular weight excluding hydrogens is 208 g/mol. The number of aliphatic hydroxyl groups excluding tert-OH is 1. The van der Waals surface area contributed by atoms with Gasteiger partial charge in [-0.1, -0.05) is 13.3 Å². The van der Waals surface area contributed by atoms with Crippen LogP contribution in [0.3, 0.4) is 0 Å². The quantitative estimate of drug-likeness (QED) is 0.343. The molecule has 0 saturated heterocycles. The smallest absolute Gasteiger partial charge is 0.373 e. The molecule has 0 amide bonds. The molecule has 16 heavy (non-hydrogen) atoms. The van der Waals surface area contributed by atoms with E-state index in [1.807, 2.05) is 20.8 Å². The maximum absolute atomic E-state index is 10.7. The molecule has 0 spiro atoms. The number of carbonyl (C=O) groups excluding carboxylic acids is 1. The van der Waals surface area contributed by atoms with Crippen LogP contribution in [-0.2, 0) is 14.3 Å².